The highest BCUT2D eigenvalue weighted by molar-refractivity contribution is 5.41. The standard InChI is InChI=1S/C14H10/c1-2-8-13(7-1)11-5-6-12-14-9-3-4-10-14/h1-7,9,11-12H/b11-5+,12-6+. The SMILES string of the molecule is C1=CC=CC=1/C=C/C=C/C1=C=CC=C1. The van der Waals surface area contributed by atoms with Crippen LogP contribution in [0.15, 0.2) is 83.4 Å². The first-order chi connectivity index (χ1) is 6.95. The van der Waals surface area contributed by atoms with Gasteiger partial charge in [0.25, 0.3) is 0 Å². The molecule has 2 rings (SSSR count). The summed E-state index contributed by atoms with van der Waals surface area (Å²) in [6.45, 7) is 0. The Kier molecular flexibility index (Phi) is 2.64. The lowest BCUT2D eigenvalue weighted by Crippen LogP contribution is -1.64. The van der Waals surface area contributed by atoms with Gasteiger partial charge in [-0.1, -0.05) is 24.3 Å². The summed E-state index contributed by atoms with van der Waals surface area (Å²) < 4.78 is 0. The fraction of sp³-hybridized carbons (Fsp3) is 0. The zero-order chi connectivity index (χ0) is 9.64. The van der Waals surface area contributed by atoms with E-state index in [1.165, 1.54) is 0 Å². The molecule has 0 saturated heterocycles. The molecule has 0 unspecified atom stereocenters. The maximum atomic E-state index is 3.10. The molecule has 0 spiro atoms. The van der Waals surface area contributed by atoms with Crippen LogP contribution in [0.1, 0.15) is 0 Å². The topological polar surface area (TPSA) is 0 Å². The van der Waals surface area contributed by atoms with E-state index < -0.39 is 0 Å². The molecular formula is C14H10. The Labute approximate surface area is 84.0 Å². The molecule has 0 fully saturated rings. The summed E-state index contributed by atoms with van der Waals surface area (Å²) in [6.07, 6.45) is 19.9. The first-order valence-electron chi connectivity index (χ1n) is 4.57. The summed E-state index contributed by atoms with van der Waals surface area (Å²) in [5, 5.41) is 0. The Morgan fingerprint density at radius 3 is 1.64 bits per heavy atom. The Bertz CT molecular complexity index is 418. The molecule has 0 aliphatic heterocycles. The molecule has 0 aromatic rings. The second-order valence-corrected chi connectivity index (χ2v) is 2.97. The molecule has 2 aliphatic carbocycles. The van der Waals surface area contributed by atoms with Crippen molar-refractivity contribution in [3.63, 3.8) is 0 Å². The summed E-state index contributed by atoms with van der Waals surface area (Å²) in [4.78, 5) is 0. The second-order valence-electron chi connectivity index (χ2n) is 2.97. The van der Waals surface area contributed by atoms with Crippen molar-refractivity contribution in [1.29, 1.82) is 0 Å². The van der Waals surface area contributed by atoms with Gasteiger partial charge < -0.3 is 0 Å². The van der Waals surface area contributed by atoms with E-state index >= 15 is 0 Å². The number of hydrogen-bond acceptors (Lipinski definition) is 0. The minimum Gasteiger partial charge on any atom is -0.113 e. The Morgan fingerprint density at radius 2 is 1.29 bits per heavy atom. The molecule has 0 aromatic heterocycles. The van der Waals surface area contributed by atoms with Crippen LogP contribution in [0, 0.1) is 0 Å². The predicted molar refractivity (Wildman–Crippen MR) is 59.8 cm³/mol. The van der Waals surface area contributed by atoms with Gasteiger partial charge in [0.05, 0.1) is 0 Å². The third-order valence-corrected chi connectivity index (χ3v) is 1.91. The third kappa shape index (κ3) is 2.24. The van der Waals surface area contributed by atoms with Gasteiger partial charge in [0.2, 0.25) is 0 Å². The zero-order valence-corrected chi connectivity index (χ0v) is 7.77. The van der Waals surface area contributed by atoms with Crippen molar-refractivity contribution in [3.05, 3.63) is 83.4 Å². The quantitative estimate of drug-likeness (QED) is 0.459. The lowest BCUT2D eigenvalue weighted by molar-refractivity contribution is 1.72. The molecule has 2 aliphatic rings. The van der Waals surface area contributed by atoms with Crippen LogP contribution < -0.4 is 0 Å². The maximum Gasteiger partial charge on any atom is 0.0164 e. The van der Waals surface area contributed by atoms with Gasteiger partial charge in [-0.05, 0) is 36.5 Å². The van der Waals surface area contributed by atoms with E-state index in [2.05, 4.69) is 11.5 Å². The number of hydrogen-bond donors (Lipinski definition) is 0. The summed E-state index contributed by atoms with van der Waals surface area (Å²) in [7, 11) is 0. The van der Waals surface area contributed by atoms with Gasteiger partial charge in [-0.25, -0.2) is 0 Å². The zero-order valence-electron chi connectivity index (χ0n) is 7.77. The van der Waals surface area contributed by atoms with Crippen LogP contribution in [0.5, 0.6) is 0 Å². The average molecular weight is 178 g/mol. The van der Waals surface area contributed by atoms with E-state index in [1.807, 2.05) is 60.8 Å². The van der Waals surface area contributed by atoms with Crippen molar-refractivity contribution in [1.82, 2.24) is 0 Å². The normalized spacial score (nSPS) is 17.7. The van der Waals surface area contributed by atoms with Gasteiger partial charge in [0, 0.05) is 11.1 Å². The highest BCUT2D eigenvalue weighted by Crippen LogP contribution is 2.05. The van der Waals surface area contributed by atoms with Gasteiger partial charge in [-0.3, -0.25) is 0 Å². The van der Waals surface area contributed by atoms with Gasteiger partial charge in [-0.2, -0.15) is 0 Å². The number of rotatable bonds is 3. The van der Waals surface area contributed by atoms with E-state index in [0.29, 0.717) is 0 Å². The van der Waals surface area contributed by atoms with Crippen LogP contribution in [-0.2, 0) is 0 Å². The smallest absolute Gasteiger partial charge is 0.0164 e. The molecule has 0 amide bonds. The molecule has 0 radical (unpaired) electrons. The van der Waals surface area contributed by atoms with E-state index in [9.17, 15) is 0 Å². The lowest BCUT2D eigenvalue weighted by atomic mass is 10.2. The predicted octanol–water partition coefficient (Wildman–Crippen LogP) is 3.40. The molecular weight excluding hydrogens is 168 g/mol. The highest BCUT2D eigenvalue weighted by atomic mass is 13.9. The van der Waals surface area contributed by atoms with E-state index in [4.69, 9.17) is 0 Å². The largest absolute Gasteiger partial charge is 0.113 e. The van der Waals surface area contributed by atoms with Gasteiger partial charge in [0.1, 0.15) is 0 Å². The Balaban J connectivity index is 1.94. The molecule has 0 N–H and O–H groups in total. The molecule has 66 valence electrons. The molecule has 0 heteroatoms. The molecule has 0 saturated carbocycles. The maximum absolute atomic E-state index is 3.10. The van der Waals surface area contributed by atoms with Crippen molar-refractivity contribution in [2.45, 2.75) is 0 Å². The molecule has 0 atom stereocenters. The van der Waals surface area contributed by atoms with E-state index in [0.717, 1.165) is 11.1 Å². The van der Waals surface area contributed by atoms with Crippen LogP contribution in [0.2, 0.25) is 0 Å². The van der Waals surface area contributed by atoms with E-state index in [-0.39, 0.29) is 0 Å². The highest BCUT2D eigenvalue weighted by Gasteiger charge is 1.86. The number of allylic oxidation sites excluding steroid dienone is 10. The summed E-state index contributed by atoms with van der Waals surface area (Å²) in [6, 6.07) is 0. The van der Waals surface area contributed by atoms with E-state index in [1.54, 1.807) is 0 Å². The Hall–Kier alpha value is -2.00. The monoisotopic (exact) mass is 178 g/mol. The van der Waals surface area contributed by atoms with Gasteiger partial charge in [-0.15, -0.1) is 11.5 Å². The van der Waals surface area contributed by atoms with Crippen molar-refractivity contribution < 1.29 is 0 Å². The van der Waals surface area contributed by atoms with Crippen LogP contribution in [0.4, 0.5) is 0 Å². The van der Waals surface area contributed by atoms with Crippen LogP contribution >= 0.6 is 0 Å². The van der Waals surface area contributed by atoms with Crippen LogP contribution in [0.3, 0.4) is 0 Å². The minimum atomic E-state index is 1.11. The summed E-state index contributed by atoms with van der Waals surface area (Å²) in [5.74, 6) is 0. The van der Waals surface area contributed by atoms with Gasteiger partial charge >= 0.3 is 0 Å². The van der Waals surface area contributed by atoms with Crippen molar-refractivity contribution in [2.75, 3.05) is 0 Å². The first-order valence-corrected chi connectivity index (χ1v) is 4.57. The molecule has 0 aromatic carbocycles. The molecule has 0 bridgehead atoms. The molecule has 14 heavy (non-hydrogen) atoms. The van der Waals surface area contributed by atoms with Gasteiger partial charge in [0.15, 0.2) is 0 Å². The molecule has 0 nitrogen and oxygen atoms in total. The second kappa shape index (κ2) is 4.30. The fourth-order valence-electron chi connectivity index (χ4n) is 1.21. The molecule has 0 heterocycles. The van der Waals surface area contributed by atoms with Crippen molar-refractivity contribution >= 4 is 0 Å². The van der Waals surface area contributed by atoms with Crippen molar-refractivity contribution in [2.24, 2.45) is 0 Å². The summed E-state index contributed by atoms with van der Waals surface area (Å²) >= 11 is 0. The fourth-order valence-corrected chi connectivity index (χ4v) is 1.21. The average Bonchev–Trinajstić information content (AvgIpc) is 2.86. The summed E-state index contributed by atoms with van der Waals surface area (Å²) in [5.41, 5.74) is 8.43. The third-order valence-electron chi connectivity index (χ3n) is 1.91. The first kappa shape index (κ1) is 8.59. The van der Waals surface area contributed by atoms with Crippen molar-refractivity contribution in [3.8, 4) is 0 Å². The minimum absolute atomic E-state index is 1.11. The van der Waals surface area contributed by atoms with Crippen LogP contribution in [-0.4, -0.2) is 0 Å². The van der Waals surface area contributed by atoms with Crippen LogP contribution in [0.25, 0.3) is 0 Å². The Morgan fingerprint density at radius 1 is 0.786 bits per heavy atom. The lowest BCUT2D eigenvalue weighted by Gasteiger charge is -1.83.